The summed E-state index contributed by atoms with van der Waals surface area (Å²) in [6.07, 6.45) is -1.53. The van der Waals surface area contributed by atoms with Crippen LogP contribution < -0.4 is 5.73 Å². The highest BCUT2D eigenvalue weighted by atomic mass is 35.5. The van der Waals surface area contributed by atoms with Crippen LogP contribution in [-0.4, -0.2) is 11.7 Å². The Hall–Kier alpha value is -1.56. The fourth-order valence-corrected chi connectivity index (χ4v) is 2.32. The van der Waals surface area contributed by atoms with E-state index in [9.17, 15) is 18.3 Å². The molecule has 0 aliphatic heterocycles. The summed E-state index contributed by atoms with van der Waals surface area (Å²) in [5, 5.41) is 10.7. The average Bonchev–Trinajstić information content (AvgIpc) is 2.40. The van der Waals surface area contributed by atoms with E-state index in [4.69, 9.17) is 17.3 Å². The molecule has 0 saturated heterocycles. The molecule has 2 unspecified atom stereocenters. The minimum atomic E-state index is -1.53. The normalized spacial score (nSPS) is 14.0. The maximum absolute atomic E-state index is 13.7. The molecule has 2 aromatic carbocycles. The van der Waals surface area contributed by atoms with Gasteiger partial charge in [-0.1, -0.05) is 23.7 Å². The van der Waals surface area contributed by atoms with Gasteiger partial charge in [-0.15, -0.1) is 0 Å². The summed E-state index contributed by atoms with van der Waals surface area (Å²) in [7, 11) is 0. The van der Waals surface area contributed by atoms with E-state index in [1.165, 1.54) is 0 Å². The Balaban J connectivity index is 2.41. The lowest BCUT2D eigenvalue weighted by Gasteiger charge is -2.23. The Morgan fingerprint density at radius 1 is 1.05 bits per heavy atom. The number of aliphatic hydroxyl groups is 1. The smallest absolute Gasteiger partial charge is 0.134 e. The molecule has 2 rings (SSSR count). The van der Waals surface area contributed by atoms with Crippen molar-refractivity contribution in [2.24, 2.45) is 5.73 Å². The van der Waals surface area contributed by atoms with Crippen LogP contribution in [0.2, 0.25) is 5.02 Å². The fraction of sp³-hybridized carbons (Fsp3) is 0.200. The Morgan fingerprint density at radius 2 is 1.57 bits per heavy atom. The van der Waals surface area contributed by atoms with Crippen molar-refractivity contribution < 1.29 is 18.3 Å². The minimum absolute atomic E-state index is 0.0426. The topological polar surface area (TPSA) is 46.2 Å². The molecule has 0 spiro atoms. The van der Waals surface area contributed by atoms with E-state index in [1.54, 1.807) is 24.3 Å². The predicted octanol–water partition coefficient (Wildman–Crippen LogP) is 3.53. The van der Waals surface area contributed by atoms with Crippen molar-refractivity contribution in [2.45, 2.75) is 12.0 Å². The minimum Gasteiger partial charge on any atom is -0.388 e. The third kappa shape index (κ3) is 3.37. The number of benzene rings is 2. The Morgan fingerprint density at radius 3 is 2.05 bits per heavy atom. The molecule has 0 aliphatic carbocycles. The second kappa shape index (κ2) is 6.47. The number of rotatable bonds is 4. The van der Waals surface area contributed by atoms with Crippen LogP contribution in [0.15, 0.2) is 36.4 Å². The van der Waals surface area contributed by atoms with Gasteiger partial charge in [0.25, 0.3) is 0 Å². The van der Waals surface area contributed by atoms with Gasteiger partial charge in [0.1, 0.15) is 17.5 Å². The molecule has 21 heavy (non-hydrogen) atoms. The monoisotopic (exact) mass is 315 g/mol. The van der Waals surface area contributed by atoms with Crippen LogP contribution in [0.4, 0.5) is 13.2 Å². The third-order valence-electron chi connectivity index (χ3n) is 3.27. The highest BCUT2D eigenvalue weighted by molar-refractivity contribution is 6.30. The number of halogens is 4. The Labute approximate surface area is 125 Å². The molecular formula is C15H13ClF3NO. The Bertz CT molecular complexity index is 610. The summed E-state index contributed by atoms with van der Waals surface area (Å²) in [5.74, 6) is -4.08. The van der Waals surface area contributed by atoms with Crippen LogP contribution in [-0.2, 0) is 0 Å². The maximum atomic E-state index is 13.7. The second-order valence-electron chi connectivity index (χ2n) is 4.62. The summed E-state index contributed by atoms with van der Waals surface area (Å²) in [5.41, 5.74) is 5.58. The lowest BCUT2D eigenvalue weighted by molar-refractivity contribution is 0.138. The van der Waals surface area contributed by atoms with Crippen LogP contribution in [0.3, 0.4) is 0 Å². The first-order valence-corrected chi connectivity index (χ1v) is 6.60. The molecule has 3 N–H and O–H groups in total. The van der Waals surface area contributed by atoms with Crippen molar-refractivity contribution in [2.75, 3.05) is 6.54 Å². The van der Waals surface area contributed by atoms with Gasteiger partial charge in [0.15, 0.2) is 0 Å². The molecule has 0 saturated carbocycles. The van der Waals surface area contributed by atoms with Gasteiger partial charge in [-0.25, -0.2) is 13.2 Å². The van der Waals surface area contributed by atoms with Crippen LogP contribution in [0.25, 0.3) is 0 Å². The molecule has 0 amide bonds. The van der Waals surface area contributed by atoms with Gasteiger partial charge >= 0.3 is 0 Å². The molecule has 112 valence electrons. The third-order valence-corrected chi connectivity index (χ3v) is 3.52. The molecule has 2 atom stereocenters. The first kappa shape index (κ1) is 15.8. The summed E-state index contributed by atoms with van der Waals surface area (Å²) in [4.78, 5) is 0. The molecule has 6 heteroatoms. The van der Waals surface area contributed by atoms with Crippen molar-refractivity contribution >= 4 is 11.6 Å². The van der Waals surface area contributed by atoms with E-state index in [2.05, 4.69) is 0 Å². The van der Waals surface area contributed by atoms with Crippen molar-refractivity contribution in [3.05, 3.63) is 70.0 Å². The fourth-order valence-electron chi connectivity index (χ4n) is 2.19. The maximum Gasteiger partial charge on any atom is 0.134 e. The van der Waals surface area contributed by atoms with Crippen LogP contribution >= 0.6 is 11.6 Å². The van der Waals surface area contributed by atoms with Crippen molar-refractivity contribution in [3.8, 4) is 0 Å². The second-order valence-corrected chi connectivity index (χ2v) is 5.06. The average molecular weight is 316 g/mol. The summed E-state index contributed by atoms with van der Waals surface area (Å²) < 4.78 is 40.4. The molecule has 0 radical (unpaired) electrons. The van der Waals surface area contributed by atoms with Crippen molar-refractivity contribution in [1.29, 1.82) is 0 Å². The standard InChI is InChI=1S/C15H13ClF3NO/c16-9-3-1-8(2-4-9)11(7-20)15(21)14-12(18)5-10(17)6-13(14)19/h1-6,11,15,21H,7,20H2. The van der Waals surface area contributed by atoms with Crippen LogP contribution in [0, 0.1) is 17.5 Å². The van der Waals surface area contributed by atoms with Gasteiger partial charge in [-0.3, -0.25) is 0 Å². The van der Waals surface area contributed by atoms with Gasteiger partial charge in [0, 0.05) is 29.6 Å². The zero-order valence-corrected chi connectivity index (χ0v) is 11.6. The largest absolute Gasteiger partial charge is 0.388 e. The molecule has 0 aromatic heterocycles. The molecular weight excluding hydrogens is 303 g/mol. The summed E-state index contributed by atoms with van der Waals surface area (Å²) in [6.45, 7) is -0.0426. The van der Waals surface area contributed by atoms with Gasteiger partial charge < -0.3 is 10.8 Å². The Kier molecular flexibility index (Phi) is 4.88. The zero-order chi connectivity index (χ0) is 15.6. The molecule has 2 aromatic rings. The van der Waals surface area contributed by atoms with E-state index >= 15 is 0 Å². The van der Waals surface area contributed by atoms with E-state index in [1.807, 2.05) is 0 Å². The van der Waals surface area contributed by atoms with Crippen molar-refractivity contribution in [1.82, 2.24) is 0 Å². The molecule has 0 aliphatic rings. The van der Waals surface area contributed by atoms with Crippen LogP contribution in [0.5, 0.6) is 0 Å². The highest BCUT2D eigenvalue weighted by Crippen LogP contribution is 2.33. The molecule has 0 heterocycles. The predicted molar refractivity (Wildman–Crippen MR) is 74.5 cm³/mol. The van der Waals surface area contributed by atoms with E-state index in [0.717, 1.165) is 0 Å². The van der Waals surface area contributed by atoms with Gasteiger partial charge in [0.2, 0.25) is 0 Å². The summed E-state index contributed by atoms with van der Waals surface area (Å²) in [6, 6.07) is 7.45. The SMILES string of the molecule is NCC(c1ccc(Cl)cc1)C(O)c1c(F)cc(F)cc1F. The van der Waals surface area contributed by atoms with E-state index in [-0.39, 0.29) is 6.54 Å². The number of hydrogen-bond donors (Lipinski definition) is 2. The molecule has 0 fully saturated rings. The van der Waals surface area contributed by atoms with Crippen LogP contribution in [0.1, 0.15) is 23.1 Å². The molecule has 0 bridgehead atoms. The lowest BCUT2D eigenvalue weighted by Crippen LogP contribution is -2.22. The number of aliphatic hydroxyl groups excluding tert-OH is 1. The summed E-state index contributed by atoms with van der Waals surface area (Å²) >= 11 is 5.77. The van der Waals surface area contributed by atoms with E-state index < -0.39 is 35.0 Å². The van der Waals surface area contributed by atoms with Crippen molar-refractivity contribution in [3.63, 3.8) is 0 Å². The first-order chi connectivity index (χ1) is 9.93. The highest BCUT2D eigenvalue weighted by Gasteiger charge is 2.27. The van der Waals surface area contributed by atoms with E-state index in [0.29, 0.717) is 22.7 Å². The zero-order valence-electron chi connectivity index (χ0n) is 10.9. The number of hydrogen-bond acceptors (Lipinski definition) is 2. The first-order valence-electron chi connectivity index (χ1n) is 6.22. The van der Waals surface area contributed by atoms with Gasteiger partial charge in [-0.2, -0.15) is 0 Å². The quantitative estimate of drug-likeness (QED) is 0.906. The van der Waals surface area contributed by atoms with Gasteiger partial charge in [0.05, 0.1) is 11.7 Å². The molecule has 2 nitrogen and oxygen atoms in total. The van der Waals surface area contributed by atoms with Gasteiger partial charge in [-0.05, 0) is 17.7 Å². The number of nitrogens with two attached hydrogens (primary N) is 1. The lowest BCUT2D eigenvalue weighted by atomic mass is 9.88.